The molecule has 2 heterocycles. The first kappa shape index (κ1) is 10.1. The molecule has 2 saturated heterocycles. The molecule has 3 aliphatic rings. The highest BCUT2D eigenvalue weighted by Gasteiger charge is 2.50. The summed E-state index contributed by atoms with van der Waals surface area (Å²) in [4.78, 5) is 5.52. The minimum absolute atomic E-state index is 0.619. The second kappa shape index (κ2) is 3.46. The molecule has 2 atom stereocenters. The number of nitrogens with zero attached hydrogens (tertiary/aromatic N) is 2. The highest BCUT2D eigenvalue weighted by atomic mass is 15.3. The van der Waals surface area contributed by atoms with Gasteiger partial charge in [0, 0.05) is 18.6 Å². The average Bonchev–Trinajstić information content (AvgIpc) is 2.68. The number of hydrogen-bond acceptors (Lipinski definition) is 2. The summed E-state index contributed by atoms with van der Waals surface area (Å²) in [6, 6.07) is 1.79. The van der Waals surface area contributed by atoms with E-state index in [2.05, 4.69) is 23.6 Å². The molecule has 0 bridgehead atoms. The summed E-state index contributed by atoms with van der Waals surface area (Å²) in [6.07, 6.45) is 5.71. The van der Waals surface area contributed by atoms with Crippen molar-refractivity contribution in [3.8, 4) is 0 Å². The van der Waals surface area contributed by atoms with Gasteiger partial charge in [0.1, 0.15) is 0 Å². The molecule has 0 aromatic rings. The summed E-state index contributed by atoms with van der Waals surface area (Å²) in [5.41, 5.74) is 0.619. The van der Waals surface area contributed by atoms with Crippen LogP contribution in [0.1, 0.15) is 39.5 Å². The van der Waals surface area contributed by atoms with Crippen molar-refractivity contribution in [1.82, 2.24) is 9.80 Å². The maximum atomic E-state index is 2.79. The predicted octanol–water partition coefficient (Wildman–Crippen LogP) is 1.96. The van der Waals surface area contributed by atoms with E-state index in [4.69, 9.17) is 0 Å². The summed E-state index contributed by atoms with van der Waals surface area (Å²) in [5, 5.41) is 0. The molecule has 15 heavy (non-hydrogen) atoms. The Morgan fingerprint density at radius 1 is 1.00 bits per heavy atom. The topological polar surface area (TPSA) is 6.48 Å². The van der Waals surface area contributed by atoms with E-state index >= 15 is 0 Å². The van der Waals surface area contributed by atoms with Gasteiger partial charge in [-0.25, -0.2) is 0 Å². The minimum atomic E-state index is 0.619. The van der Waals surface area contributed by atoms with E-state index < -0.39 is 0 Å². The first-order valence-corrected chi connectivity index (χ1v) is 6.65. The molecule has 0 aromatic carbocycles. The summed E-state index contributed by atoms with van der Waals surface area (Å²) in [6.45, 7) is 10.3. The fraction of sp³-hybridized carbons (Fsp3) is 1.00. The Bertz CT molecular complexity index is 249. The third-order valence-corrected chi connectivity index (χ3v) is 4.74. The van der Waals surface area contributed by atoms with E-state index in [1.807, 2.05) is 0 Å². The van der Waals surface area contributed by atoms with E-state index in [1.54, 1.807) is 0 Å². The molecule has 0 aromatic heterocycles. The average molecular weight is 208 g/mol. The Hall–Kier alpha value is -0.0800. The van der Waals surface area contributed by atoms with Crippen LogP contribution in [0.5, 0.6) is 0 Å². The van der Waals surface area contributed by atoms with Gasteiger partial charge in [-0.15, -0.1) is 0 Å². The van der Waals surface area contributed by atoms with Gasteiger partial charge in [0.05, 0.1) is 0 Å². The molecular weight excluding hydrogens is 184 g/mol. The van der Waals surface area contributed by atoms with Crippen molar-refractivity contribution < 1.29 is 0 Å². The van der Waals surface area contributed by atoms with E-state index in [-0.39, 0.29) is 0 Å². The van der Waals surface area contributed by atoms with Gasteiger partial charge < -0.3 is 0 Å². The van der Waals surface area contributed by atoms with Gasteiger partial charge in [-0.2, -0.15) is 0 Å². The van der Waals surface area contributed by atoms with E-state index in [0.29, 0.717) is 5.41 Å². The lowest BCUT2D eigenvalue weighted by Crippen LogP contribution is -2.38. The molecule has 2 nitrogen and oxygen atoms in total. The van der Waals surface area contributed by atoms with Crippen LogP contribution < -0.4 is 0 Å². The monoisotopic (exact) mass is 208 g/mol. The second-order valence-corrected chi connectivity index (χ2v) is 6.39. The van der Waals surface area contributed by atoms with E-state index in [0.717, 1.165) is 12.1 Å². The maximum Gasteiger partial charge on any atom is 0.0223 e. The first-order valence-electron chi connectivity index (χ1n) is 6.65. The molecular formula is C13H24N2. The minimum Gasteiger partial charge on any atom is -0.299 e. The fourth-order valence-corrected chi connectivity index (χ4v) is 3.58. The molecule has 3 fully saturated rings. The molecule has 1 aliphatic carbocycles. The molecule has 2 heteroatoms. The van der Waals surface area contributed by atoms with Gasteiger partial charge in [0.25, 0.3) is 0 Å². The number of fused-ring (bicyclic) bond motifs is 1. The Morgan fingerprint density at radius 2 is 1.67 bits per heavy atom. The molecule has 0 radical (unpaired) electrons. The smallest absolute Gasteiger partial charge is 0.0223 e. The van der Waals surface area contributed by atoms with Gasteiger partial charge in [0.2, 0.25) is 0 Å². The zero-order valence-electron chi connectivity index (χ0n) is 10.2. The van der Waals surface area contributed by atoms with Crippen LogP contribution in [0, 0.1) is 5.41 Å². The standard InChI is InChI=1S/C13H24N2/c1-13(2)9-12(13)15-8-4-7-14-6-3-5-11(14)10-15/h11-12H,3-10H2,1-2H3. The van der Waals surface area contributed by atoms with Crippen molar-refractivity contribution >= 4 is 0 Å². The van der Waals surface area contributed by atoms with Gasteiger partial charge in [0.15, 0.2) is 0 Å². The molecule has 1 saturated carbocycles. The fourth-order valence-electron chi connectivity index (χ4n) is 3.58. The Kier molecular flexibility index (Phi) is 2.33. The van der Waals surface area contributed by atoms with Gasteiger partial charge in [-0.3, -0.25) is 9.80 Å². The molecule has 86 valence electrons. The molecule has 2 aliphatic heterocycles. The third-order valence-electron chi connectivity index (χ3n) is 4.74. The van der Waals surface area contributed by atoms with Crippen molar-refractivity contribution in [2.45, 2.75) is 51.6 Å². The highest BCUT2D eigenvalue weighted by Crippen LogP contribution is 2.49. The summed E-state index contributed by atoms with van der Waals surface area (Å²) in [7, 11) is 0. The Balaban J connectivity index is 1.66. The van der Waals surface area contributed by atoms with E-state index in [1.165, 1.54) is 51.9 Å². The second-order valence-electron chi connectivity index (χ2n) is 6.39. The van der Waals surface area contributed by atoms with Crippen LogP contribution in [0.4, 0.5) is 0 Å². The van der Waals surface area contributed by atoms with Gasteiger partial charge >= 0.3 is 0 Å². The van der Waals surface area contributed by atoms with Crippen LogP contribution in [0.3, 0.4) is 0 Å². The van der Waals surface area contributed by atoms with Crippen LogP contribution in [0.25, 0.3) is 0 Å². The molecule has 0 spiro atoms. The number of hydrogen-bond donors (Lipinski definition) is 0. The Morgan fingerprint density at radius 3 is 2.40 bits per heavy atom. The lowest BCUT2D eigenvalue weighted by molar-refractivity contribution is 0.200. The zero-order chi connectivity index (χ0) is 10.5. The van der Waals surface area contributed by atoms with Crippen LogP contribution >= 0.6 is 0 Å². The molecule has 0 amide bonds. The lowest BCUT2D eigenvalue weighted by Gasteiger charge is -2.26. The largest absolute Gasteiger partial charge is 0.299 e. The van der Waals surface area contributed by atoms with Crippen molar-refractivity contribution in [1.29, 1.82) is 0 Å². The summed E-state index contributed by atoms with van der Waals surface area (Å²) >= 11 is 0. The van der Waals surface area contributed by atoms with Gasteiger partial charge in [-0.1, -0.05) is 13.8 Å². The van der Waals surface area contributed by atoms with Crippen molar-refractivity contribution in [2.75, 3.05) is 26.2 Å². The maximum absolute atomic E-state index is 2.79. The highest BCUT2D eigenvalue weighted by molar-refractivity contribution is 5.04. The zero-order valence-corrected chi connectivity index (χ0v) is 10.2. The summed E-state index contributed by atoms with van der Waals surface area (Å²) < 4.78 is 0. The van der Waals surface area contributed by atoms with Crippen LogP contribution in [-0.2, 0) is 0 Å². The predicted molar refractivity (Wildman–Crippen MR) is 63.0 cm³/mol. The first-order chi connectivity index (χ1) is 7.17. The van der Waals surface area contributed by atoms with Crippen LogP contribution in [-0.4, -0.2) is 48.1 Å². The third kappa shape index (κ3) is 1.83. The molecule has 3 rings (SSSR count). The van der Waals surface area contributed by atoms with Gasteiger partial charge in [-0.05, 0) is 50.7 Å². The van der Waals surface area contributed by atoms with E-state index in [9.17, 15) is 0 Å². The van der Waals surface area contributed by atoms with Crippen molar-refractivity contribution in [2.24, 2.45) is 5.41 Å². The van der Waals surface area contributed by atoms with Crippen LogP contribution in [0.15, 0.2) is 0 Å². The van der Waals surface area contributed by atoms with Crippen LogP contribution in [0.2, 0.25) is 0 Å². The Labute approximate surface area is 93.6 Å². The quantitative estimate of drug-likeness (QED) is 0.650. The van der Waals surface area contributed by atoms with Crippen molar-refractivity contribution in [3.63, 3.8) is 0 Å². The number of rotatable bonds is 1. The normalized spacial score (nSPS) is 41.2. The summed E-state index contributed by atoms with van der Waals surface area (Å²) in [5.74, 6) is 0. The molecule has 0 N–H and O–H groups in total. The lowest BCUT2D eigenvalue weighted by atomic mass is 10.1. The molecule has 2 unspecified atom stereocenters. The SMILES string of the molecule is CC1(C)CC1N1CCCN2CCCC2C1. The van der Waals surface area contributed by atoms with Crippen molar-refractivity contribution in [3.05, 3.63) is 0 Å².